The number of hydrogen-bond acceptors (Lipinski definition) is 5. The van der Waals surface area contributed by atoms with Crippen molar-refractivity contribution in [2.24, 2.45) is 5.92 Å². The molecule has 1 N–H and O–H groups in total. The molecule has 6 heteroatoms. The number of aryl methyl sites for hydroxylation is 1. The maximum absolute atomic E-state index is 12.8. The second-order valence-corrected chi connectivity index (χ2v) is 8.69. The van der Waals surface area contributed by atoms with Crippen molar-refractivity contribution in [1.82, 2.24) is 25.1 Å². The van der Waals surface area contributed by atoms with Crippen molar-refractivity contribution in [2.45, 2.75) is 51.7 Å². The fourth-order valence-electron chi connectivity index (χ4n) is 4.76. The van der Waals surface area contributed by atoms with Crippen molar-refractivity contribution >= 4 is 5.91 Å². The molecule has 0 radical (unpaired) electrons. The minimum absolute atomic E-state index is 0.0944. The summed E-state index contributed by atoms with van der Waals surface area (Å²) in [4.78, 5) is 26.6. The molecule has 0 saturated carbocycles. The highest BCUT2D eigenvalue weighted by Crippen LogP contribution is 2.24. The van der Waals surface area contributed by atoms with E-state index < -0.39 is 0 Å². The Balaban J connectivity index is 1.23. The highest BCUT2D eigenvalue weighted by Gasteiger charge is 2.31. The third-order valence-electron chi connectivity index (χ3n) is 6.42. The van der Waals surface area contributed by atoms with E-state index in [0.717, 1.165) is 57.0 Å². The smallest absolute Gasteiger partial charge is 0.224 e. The Labute approximate surface area is 179 Å². The Morgan fingerprint density at radius 3 is 2.77 bits per heavy atom. The van der Waals surface area contributed by atoms with Crippen LogP contribution >= 0.6 is 0 Å². The van der Waals surface area contributed by atoms with Crippen LogP contribution in [0, 0.1) is 12.8 Å². The molecule has 6 nitrogen and oxygen atoms in total. The maximum Gasteiger partial charge on any atom is 0.224 e. The van der Waals surface area contributed by atoms with E-state index in [1.165, 1.54) is 18.4 Å². The predicted molar refractivity (Wildman–Crippen MR) is 118 cm³/mol. The van der Waals surface area contributed by atoms with Crippen LogP contribution in [0.4, 0.5) is 0 Å². The van der Waals surface area contributed by atoms with Crippen molar-refractivity contribution < 1.29 is 4.79 Å². The largest absolute Gasteiger partial charge is 0.350 e. The molecule has 2 fully saturated rings. The van der Waals surface area contributed by atoms with E-state index >= 15 is 0 Å². The Hall–Kier alpha value is -2.31. The number of nitrogens with zero attached hydrogens (tertiary/aromatic N) is 4. The molecule has 160 valence electrons. The van der Waals surface area contributed by atoms with Crippen LogP contribution < -0.4 is 5.32 Å². The van der Waals surface area contributed by atoms with Gasteiger partial charge in [-0.3, -0.25) is 24.6 Å². The molecule has 30 heavy (non-hydrogen) atoms. The number of aromatic nitrogens is 2. The molecule has 4 rings (SSSR count). The van der Waals surface area contributed by atoms with Crippen LogP contribution in [0.3, 0.4) is 0 Å². The van der Waals surface area contributed by atoms with Crippen molar-refractivity contribution in [3.63, 3.8) is 0 Å². The van der Waals surface area contributed by atoms with Crippen LogP contribution in [-0.4, -0.2) is 57.9 Å². The molecular weight excluding hydrogens is 374 g/mol. The fraction of sp³-hybridized carbons (Fsp3) is 0.542. The molecule has 2 aliphatic heterocycles. The SMILES string of the molecule is Cc1cccc(CNC(=O)C2CCCN(C3CCN(Cc4cccnc4)CC3)C2)n1. The first-order chi connectivity index (χ1) is 14.7. The minimum atomic E-state index is 0.0944. The summed E-state index contributed by atoms with van der Waals surface area (Å²) in [5, 5.41) is 3.11. The van der Waals surface area contributed by atoms with Gasteiger partial charge in [-0.1, -0.05) is 12.1 Å². The van der Waals surface area contributed by atoms with Gasteiger partial charge in [0.1, 0.15) is 0 Å². The van der Waals surface area contributed by atoms with Crippen LogP contribution in [-0.2, 0) is 17.9 Å². The lowest BCUT2D eigenvalue weighted by Gasteiger charge is -2.42. The van der Waals surface area contributed by atoms with Crippen molar-refractivity contribution in [3.05, 3.63) is 59.7 Å². The molecule has 0 spiro atoms. The number of likely N-dealkylation sites (tertiary alicyclic amines) is 2. The number of pyridine rings is 2. The summed E-state index contributed by atoms with van der Waals surface area (Å²) in [7, 11) is 0. The highest BCUT2D eigenvalue weighted by atomic mass is 16.1. The third-order valence-corrected chi connectivity index (χ3v) is 6.42. The van der Waals surface area contributed by atoms with Crippen LogP contribution in [0.5, 0.6) is 0 Å². The highest BCUT2D eigenvalue weighted by molar-refractivity contribution is 5.78. The molecule has 2 aromatic heterocycles. The van der Waals surface area contributed by atoms with Gasteiger partial charge in [-0.15, -0.1) is 0 Å². The van der Waals surface area contributed by atoms with Gasteiger partial charge in [0.25, 0.3) is 0 Å². The first-order valence-electron chi connectivity index (χ1n) is 11.2. The second-order valence-electron chi connectivity index (χ2n) is 8.69. The van der Waals surface area contributed by atoms with Crippen LogP contribution in [0.2, 0.25) is 0 Å². The average Bonchev–Trinajstić information content (AvgIpc) is 2.79. The predicted octanol–water partition coefficient (Wildman–Crippen LogP) is 2.78. The van der Waals surface area contributed by atoms with Gasteiger partial charge < -0.3 is 5.32 Å². The number of piperidine rings is 2. The van der Waals surface area contributed by atoms with Gasteiger partial charge in [-0.2, -0.15) is 0 Å². The summed E-state index contributed by atoms with van der Waals surface area (Å²) < 4.78 is 0. The quantitative estimate of drug-likeness (QED) is 0.798. The minimum Gasteiger partial charge on any atom is -0.350 e. The summed E-state index contributed by atoms with van der Waals surface area (Å²) in [5.74, 6) is 0.272. The average molecular weight is 408 g/mol. The standard InChI is InChI=1S/C24H33N5O/c1-19-5-2-8-22(27-19)16-26-24(30)21-7-4-12-29(18-21)23-9-13-28(14-10-23)17-20-6-3-11-25-15-20/h2-3,5-6,8,11,15,21,23H,4,7,9-10,12-14,16-18H2,1H3,(H,26,30). The van der Waals surface area contributed by atoms with Gasteiger partial charge in [0, 0.05) is 37.2 Å². The Kier molecular flexibility index (Phi) is 7.07. The van der Waals surface area contributed by atoms with Gasteiger partial charge >= 0.3 is 0 Å². The van der Waals surface area contributed by atoms with Crippen molar-refractivity contribution in [1.29, 1.82) is 0 Å². The van der Waals surface area contributed by atoms with E-state index in [9.17, 15) is 4.79 Å². The topological polar surface area (TPSA) is 61.4 Å². The lowest BCUT2D eigenvalue weighted by atomic mass is 9.93. The molecule has 2 aliphatic rings. The summed E-state index contributed by atoms with van der Waals surface area (Å²) in [6, 6.07) is 10.7. The second kappa shape index (κ2) is 10.1. The molecule has 2 saturated heterocycles. The summed E-state index contributed by atoms with van der Waals surface area (Å²) >= 11 is 0. The van der Waals surface area contributed by atoms with Crippen molar-refractivity contribution in [3.8, 4) is 0 Å². The number of amides is 1. The Morgan fingerprint density at radius 2 is 2.00 bits per heavy atom. The molecular formula is C24H33N5O. The first-order valence-corrected chi connectivity index (χ1v) is 11.2. The summed E-state index contributed by atoms with van der Waals surface area (Å²) in [6.45, 7) is 7.73. The van der Waals surface area contributed by atoms with Crippen molar-refractivity contribution in [2.75, 3.05) is 26.2 Å². The molecule has 0 aromatic carbocycles. The normalized spacial score (nSPS) is 21.4. The van der Waals surface area contributed by atoms with Gasteiger partial charge in [0.05, 0.1) is 18.2 Å². The molecule has 4 heterocycles. The zero-order valence-corrected chi connectivity index (χ0v) is 18.0. The zero-order chi connectivity index (χ0) is 20.8. The van der Waals surface area contributed by atoms with Gasteiger partial charge in [0.15, 0.2) is 0 Å². The monoisotopic (exact) mass is 407 g/mol. The van der Waals surface area contributed by atoms with Crippen LogP contribution in [0.1, 0.15) is 42.6 Å². The van der Waals surface area contributed by atoms with E-state index in [2.05, 4.69) is 31.2 Å². The number of hydrogen-bond donors (Lipinski definition) is 1. The van der Waals surface area contributed by atoms with Gasteiger partial charge in [-0.25, -0.2) is 0 Å². The molecule has 0 bridgehead atoms. The first kappa shape index (κ1) is 20.9. The maximum atomic E-state index is 12.8. The molecule has 1 amide bonds. The van der Waals surface area contributed by atoms with E-state index in [1.54, 1.807) is 0 Å². The van der Waals surface area contributed by atoms with Gasteiger partial charge in [-0.05, 0) is 76.0 Å². The Morgan fingerprint density at radius 1 is 1.13 bits per heavy atom. The van der Waals surface area contributed by atoms with E-state index in [-0.39, 0.29) is 11.8 Å². The molecule has 1 atom stereocenters. The molecule has 1 unspecified atom stereocenters. The van der Waals surface area contributed by atoms with Gasteiger partial charge in [0.2, 0.25) is 5.91 Å². The molecule has 0 aliphatic carbocycles. The fourth-order valence-corrected chi connectivity index (χ4v) is 4.76. The molecule has 2 aromatic rings. The van der Waals surface area contributed by atoms with E-state index in [1.807, 2.05) is 43.6 Å². The number of rotatable bonds is 6. The lowest BCUT2D eigenvalue weighted by molar-refractivity contribution is -0.127. The van der Waals surface area contributed by atoms with E-state index in [0.29, 0.717) is 12.6 Å². The summed E-state index contributed by atoms with van der Waals surface area (Å²) in [5.41, 5.74) is 3.20. The number of nitrogens with one attached hydrogen (secondary N) is 1. The Bertz CT molecular complexity index is 819. The van der Waals surface area contributed by atoms with Crippen LogP contribution in [0.25, 0.3) is 0 Å². The lowest BCUT2D eigenvalue weighted by Crippen LogP contribution is -2.50. The number of carbonyl (C=O) groups is 1. The van der Waals surface area contributed by atoms with Crippen LogP contribution in [0.15, 0.2) is 42.7 Å². The summed E-state index contributed by atoms with van der Waals surface area (Å²) in [6.07, 6.45) is 8.26. The number of carbonyl (C=O) groups excluding carboxylic acids is 1. The van der Waals surface area contributed by atoms with E-state index in [4.69, 9.17) is 0 Å². The zero-order valence-electron chi connectivity index (χ0n) is 18.0. The third kappa shape index (κ3) is 5.64.